The van der Waals surface area contributed by atoms with E-state index in [-0.39, 0.29) is 57.1 Å². The molecule has 1 unspecified atom stereocenters. The van der Waals surface area contributed by atoms with Crippen molar-refractivity contribution in [1.29, 1.82) is 0 Å². The molecule has 0 aromatic carbocycles. The molecular weight excluding hydrogens is 549 g/mol. The van der Waals surface area contributed by atoms with Gasteiger partial charge >= 0.3 is 7.71 Å². The van der Waals surface area contributed by atoms with Gasteiger partial charge in [-0.15, -0.1) is 17.8 Å². The van der Waals surface area contributed by atoms with Gasteiger partial charge in [0.1, 0.15) is 0 Å². The summed E-state index contributed by atoms with van der Waals surface area (Å²) in [6, 6.07) is 1.09. The van der Waals surface area contributed by atoms with Crippen LogP contribution in [0.2, 0.25) is 6.04 Å². The molecule has 2 nitrogen and oxygen atoms in total. The largest absolute Gasteiger partial charge is 0.460 e. The second kappa shape index (κ2) is 20.7. The van der Waals surface area contributed by atoms with Gasteiger partial charge < -0.3 is 4.43 Å². The molecule has 0 aliphatic carbocycles. The van der Waals surface area contributed by atoms with Gasteiger partial charge in [-0.25, -0.2) is 4.43 Å². The van der Waals surface area contributed by atoms with Gasteiger partial charge in [0.2, 0.25) is 7.11 Å². The van der Waals surface area contributed by atoms with E-state index in [1.165, 1.54) is 44.3 Å². The molecule has 0 aromatic heterocycles. The first-order valence-electron chi connectivity index (χ1n) is 6.48. The van der Waals surface area contributed by atoms with E-state index >= 15 is 0 Å². The standard InChI is InChI=1S/C8H16.C5H11O2SSi.CH4.U.V/c1-3-5-7-8-6-4-2;1-6-9(7-2)5-3-4-8-9;;;/h3H,1,4-8H2,2H3;1,3-5H2,2H3;1H4;;/q;+1;;;. The molecule has 0 saturated carbocycles. The fourth-order valence-corrected chi connectivity index (χ4v) is 6.75. The molecule has 1 heterocycles. The molecule has 1 radical (unpaired) electrons. The fourth-order valence-electron chi connectivity index (χ4n) is 1.64. The van der Waals surface area contributed by atoms with Crippen molar-refractivity contribution in [2.45, 2.75) is 58.9 Å². The Bertz CT molecular complexity index is 188. The van der Waals surface area contributed by atoms with E-state index in [9.17, 15) is 0 Å². The molecule has 117 valence electrons. The maximum Gasteiger partial charge on any atom is 0.460 e. The number of allylic oxidation sites excluding steroid dienone is 1. The first-order chi connectivity index (χ1) is 8.24. The summed E-state index contributed by atoms with van der Waals surface area (Å²) in [5.41, 5.74) is 0. The number of hydrogen-bond donors (Lipinski definition) is 0. The van der Waals surface area contributed by atoms with Crippen molar-refractivity contribution in [3.8, 4) is 0 Å². The van der Waals surface area contributed by atoms with Gasteiger partial charge in [-0.05, 0) is 25.0 Å². The Kier molecular flexibility index (Phi) is 30.8. The van der Waals surface area contributed by atoms with Crippen LogP contribution in [0, 0.1) is 38.2 Å². The van der Waals surface area contributed by atoms with Crippen molar-refractivity contribution in [3.05, 3.63) is 19.8 Å². The predicted molar refractivity (Wildman–Crippen MR) is 86.8 cm³/mol. The quantitative estimate of drug-likeness (QED) is 0.177. The number of rotatable bonds is 7. The van der Waals surface area contributed by atoms with Gasteiger partial charge in [-0.1, -0.05) is 39.7 Å². The fraction of sp³-hybridized carbons (Fsp3) is 0.786. The Balaban J connectivity index is -0.000000112. The van der Waals surface area contributed by atoms with E-state index in [0.717, 1.165) is 6.04 Å². The van der Waals surface area contributed by atoms with Crippen LogP contribution in [0.5, 0.6) is 0 Å². The van der Waals surface area contributed by atoms with Crippen molar-refractivity contribution in [2.75, 3.05) is 12.9 Å². The van der Waals surface area contributed by atoms with Gasteiger partial charge in [-0.2, -0.15) is 0 Å². The minimum atomic E-state index is -1.77. The molecule has 1 fully saturated rings. The summed E-state index contributed by atoms with van der Waals surface area (Å²) in [7, 11) is 3.37. The third-order valence-corrected chi connectivity index (χ3v) is 9.10. The maximum atomic E-state index is 5.27. The van der Waals surface area contributed by atoms with E-state index in [2.05, 4.69) is 20.6 Å². The van der Waals surface area contributed by atoms with E-state index in [1.807, 2.05) is 17.3 Å². The molecule has 0 N–H and O–H groups in total. The third kappa shape index (κ3) is 14.7. The zero-order valence-corrected chi connectivity index (χ0v) is 19.7. The van der Waals surface area contributed by atoms with Crippen LogP contribution in [0.3, 0.4) is 0 Å². The Hall–Kier alpha value is 1.73. The average molecular weight is 581 g/mol. The minimum absolute atomic E-state index is 0. The molecule has 1 aliphatic heterocycles. The molecule has 1 saturated heterocycles. The molecule has 0 amide bonds. The van der Waals surface area contributed by atoms with Crippen molar-refractivity contribution in [1.82, 2.24) is 0 Å². The SMILES string of the molecule is C.C=CCCCCCC.[CH2+]O[Si]1(OC)CCCS1.[U].[V]. The zero-order valence-electron chi connectivity index (χ0n) is 12.3. The summed E-state index contributed by atoms with van der Waals surface area (Å²) in [5.74, 6) is 1.18. The van der Waals surface area contributed by atoms with Crippen molar-refractivity contribution >= 4 is 18.9 Å². The monoisotopic (exact) mass is 580 g/mol. The summed E-state index contributed by atoms with van der Waals surface area (Å²) in [4.78, 5) is 0. The second-order valence-corrected chi connectivity index (χ2v) is 10.1. The number of unbranched alkanes of at least 4 members (excludes halogenated alkanes) is 4. The van der Waals surface area contributed by atoms with E-state index in [0.29, 0.717) is 0 Å². The van der Waals surface area contributed by atoms with Crippen molar-refractivity contribution in [2.24, 2.45) is 0 Å². The third-order valence-electron chi connectivity index (χ3n) is 2.74. The van der Waals surface area contributed by atoms with Crippen LogP contribution in [-0.2, 0) is 27.4 Å². The predicted octanol–water partition coefficient (Wildman–Crippen LogP) is 5.29. The summed E-state index contributed by atoms with van der Waals surface area (Å²) < 4.78 is 10.3. The van der Waals surface area contributed by atoms with Gasteiger partial charge in [0, 0.05) is 62.8 Å². The molecule has 1 atom stereocenters. The first-order valence-corrected chi connectivity index (χ1v) is 10.2. The summed E-state index contributed by atoms with van der Waals surface area (Å²) in [6.07, 6.45) is 9.83. The van der Waals surface area contributed by atoms with Gasteiger partial charge in [0.25, 0.3) is 0 Å². The van der Waals surface area contributed by atoms with Gasteiger partial charge in [0.05, 0.1) is 0 Å². The molecule has 0 aromatic rings. The minimum Gasteiger partial charge on any atom is -0.387 e. The van der Waals surface area contributed by atoms with Gasteiger partial charge in [-0.3, -0.25) is 0 Å². The average Bonchev–Trinajstić information content (AvgIpc) is 2.85. The molecule has 0 spiro atoms. The topological polar surface area (TPSA) is 18.5 Å². The second-order valence-electron chi connectivity index (χ2n) is 4.12. The van der Waals surface area contributed by atoms with Crippen molar-refractivity contribution < 1.29 is 58.5 Å². The Morgan fingerprint density at radius 3 is 2.30 bits per heavy atom. The van der Waals surface area contributed by atoms with Crippen LogP contribution in [0.1, 0.15) is 52.9 Å². The Labute approximate surface area is 167 Å². The molecule has 20 heavy (non-hydrogen) atoms. The summed E-state index contributed by atoms with van der Waals surface area (Å²) >= 11 is 1.82. The zero-order chi connectivity index (χ0) is 13.0. The van der Waals surface area contributed by atoms with Crippen LogP contribution in [0.4, 0.5) is 0 Å². The van der Waals surface area contributed by atoms with Gasteiger partial charge in [0.15, 0.2) is 0 Å². The first kappa shape index (κ1) is 29.7. The van der Waals surface area contributed by atoms with E-state index in [1.54, 1.807) is 7.11 Å². The maximum absolute atomic E-state index is 5.27. The Morgan fingerprint density at radius 2 is 2.00 bits per heavy atom. The van der Waals surface area contributed by atoms with E-state index in [4.69, 9.17) is 8.85 Å². The van der Waals surface area contributed by atoms with Crippen LogP contribution in [0.15, 0.2) is 12.7 Å². The van der Waals surface area contributed by atoms with E-state index < -0.39 is 7.71 Å². The van der Waals surface area contributed by atoms with Crippen LogP contribution in [-0.4, -0.2) is 20.6 Å². The normalized spacial score (nSPS) is 19.5. The van der Waals surface area contributed by atoms with Crippen LogP contribution >= 0.6 is 11.2 Å². The smallest absolute Gasteiger partial charge is 0.387 e. The molecule has 1 aliphatic rings. The van der Waals surface area contributed by atoms with Crippen LogP contribution in [0.25, 0.3) is 0 Å². The summed E-state index contributed by atoms with van der Waals surface area (Å²) in [5, 5.41) is 0. The Morgan fingerprint density at radius 1 is 1.35 bits per heavy atom. The molecule has 1 rings (SSSR count). The number of hydrogen-bond acceptors (Lipinski definition) is 3. The van der Waals surface area contributed by atoms with Crippen molar-refractivity contribution in [3.63, 3.8) is 0 Å². The molecule has 6 heteroatoms. The summed E-state index contributed by atoms with van der Waals surface area (Å²) in [6.45, 7) is 5.89. The molecule has 0 bridgehead atoms. The molecular formula is C14H31O2SSiUV+. The van der Waals surface area contributed by atoms with Crippen LogP contribution < -0.4 is 0 Å².